The Morgan fingerprint density at radius 1 is 1.41 bits per heavy atom. The van der Waals surface area contributed by atoms with E-state index in [0.29, 0.717) is 0 Å². The van der Waals surface area contributed by atoms with Gasteiger partial charge in [-0.05, 0) is 30.9 Å². The van der Waals surface area contributed by atoms with Crippen LogP contribution >= 0.6 is 0 Å². The minimum absolute atomic E-state index is 0.264. The van der Waals surface area contributed by atoms with Gasteiger partial charge in [-0.3, -0.25) is 4.79 Å². The summed E-state index contributed by atoms with van der Waals surface area (Å²) in [6, 6.07) is 2.10. The van der Waals surface area contributed by atoms with Crippen LogP contribution < -0.4 is 5.32 Å². The van der Waals surface area contributed by atoms with Gasteiger partial charge in [-0.2, -0.15) is 0 Å². The molecule has 17 heavy (non-hydrogen) atoms. The first kappa shape index (κ1) is 12.2. The largest absolute Gasteiger partial charge is 0.357 e. The molecule has 2 rings (SSSR count). The molecular formula is C14H22N2O. The van der Waals surface area contributed by atoms with Crippen molar-refractivity contribution < 1.29 is 4.79 Å². The second-order valence-corrected chi connectivity index (χ2v) is 5.06. The zero-order chi connectivity index (χ0) is 12.1. The first-order valence-corrected chi connectivity index (χ1v) is 6.64. The van der Waals surface area contributed by atoms with Crippen LogP contribution in [0.15, 0.2) is 18.5 Å². The smallest absolute Gasteiger partial charge is 0.223 e. The lowest BCUT2D eigenvalue weighted by molar-refractivity contribution is -0.125. The molecule has 0 aromatic carbocycles. The Morgan fingerprint density at radius 2 is 2.18 bits per heavy atom. The van der Waals surface area contributed by atoms with Gasteiger partial charge in [0.25, 0.3) is 0 Å². The molecule has 1 aromatic rings. The van der Waals surface area contributed by atoms with Crippen LogP contribution in [0, 0.1) is 5.92 Å². The van der Waals surface area contributed by atoms with Crippen LogP contribution in [0.4, 0.5) is 0 Å². The summed E-state index contributed by atoms with van der Waals surface area (Å²) in [7, 11) is 2.02. The van der Waals surface area contributed by atoms with Gasteiger partial charge >= 0.3 is 0 Å². The molecule has 0 spiro atoms. The van der Waals surface area contributed by atoms with Crippen LogP contribution in [0.2, 0.25) is 0 Å². The Kier molecular flexibility index (Phi) is 4.24. The van der Waals surface area contributed by atoms with Crippen LogP contribution in [0.5, 0.6) is 0 Å². The molecule has 1 heterocycles. The van der Waals surface area contributed by atoms with E-state index >= 15 is 0 Å². The predicted octanol–water partition coefficient (Wildman–Crippen LogP) is 2.26. The number of hydrogen-bond donors (Lipinski definition) is 1. The molecule has 0 unspecified atom stereocenters. The van der Waals surface area contributed by atoms with Crippen molar-refractivity contribution in [1.29, 1.82) is 0 Å². The van der Waals surface area contributed by atoms with Crippen molar-refractivity contribution in [3.8, 4) is 0 Å². The summed E-state index contributed by atoms with van der Waals surface area (Å²) in [4.78, 5) is 11.9. The molecule has 1 amide bonds. The third-order valence-corrected chi connectivity index (χ3v) is 3.58. The van der Waals surface area contributed by atoms with Gasteiger partial charge in [0.05, 0.1) is 0 Å². The zero-order valence-electron chi connectivity index (χ0n) is 10.6. The van der Waals surface area contributed by atoms with Crippen LogP contribution in [-0.4, -0.2) is 17.0 Å². The molecular weight excluding hydrogens is 212 g/mol. The highest BCUT2D eigenvalue weighted by Crippen LogP contribution is 2.23. The van der Waals surface area contributed by atoms with Crippen LogP contribution in [0.25, 0.3) is 0 Å². The molecule has 0 aliphatic heterocycles. The van der Waals surface area contributed by atoms with Crippen LogP contribution in [-0.2, 0) is 18.3 Å². The number of rotatable bonds is 4. The van der Waals surface area contributed by atoms with E-state index < -0.39 is 0 Å². The SMILES string of the molecule is Cn1ccc(CCNC(=O)C2CCCCC2)c1. The number of amides is 1. The Balaban J connectivity index is 1.69. The monoisotopic (exact) mass is 234 g/mol. The standard InChI is InChI=1S/C14H22N2O/c1-16-10-8-12(11-16)7-9-15-14(17)13-5-3-2-4-6-13/h8,10-11,13H,2-7,9H2,1H3,(H,15,17). The van der Waals surface area contributed by atoms with Gasteiger partial charge in [0.15, 0.2) is 0 Å². The van der Waals surface area contributed by atoms with E-state index in [-0.39, 0.29) is 11.8 Å². The molecule has 0 bridgehead atoms. The third-order valence-electron chi connectivity index (χ3n) is 3.58. The van der Waals surface area contributed by atoms with Crippen molar-refractivity contribution in [2.45, 2.75) is 38.5 Å². The number of carbonyl (C=O) groups excluding carboxylic acids is 1. The second-order valence-electron chi connectivity index (χ2n) is 5.06. The van der Waals surface area contributed by atoms with Crippen LogP contribution in [0.3, 0.4) is 0 Å². The highest BCUT2D eigenvalue weighted by Gasteiger charge is 2.20. The predicted molar refractivity (Wildman–Crippen MR) is 68.7 cm³/mol. The number of carbonyl (C=O) groups is 1. The lowest BCUT2D eigenvalue weighted by atomic mass is 9.88. The maximum atomic E-state index is 11.9. The fourth-order valence-electron chi connectivity index (χ4n) is 2.55. The molecule has 94 valence electrons. The van der Waals surface area contributed by atoms with Gasteiger partial charge < -0.3 is 9.88 Å². The summed E-state index contributed by atoms with van der Waals surface area (Å²) in [5, 5.41) is 3.06. The molecule has 0 saturated heterocycles. The molecule has 1 aliphatic carbocycles. The Hall–Kier alpha value is -1.25. The van der Waals surface area contributed by atoms with E-state index in [1.807, 2.05) is 17.8 Å². The van der Waals surface area contributed by atoms with Gasteiger partial charge in [0, 0.05) is 31.9 Å². The van der Waals surface area contributed by atoms with Crippen molar-refractivity contribution in [2.24, 2.45) is 13.0 Å². The minimum atomic E-state index is 0.264. The second kappa shape index (κ2) is 5.89. The molecule has 1 N–H and O–H groups in total. The normalized spacial score (nSPS) is 17.0. The average Bonchev–Trinajstić information content (AvgIpc) is 2.76. The summed E-state index contributed by atoms with van der Waals surface area (Å²) in [5.74, 6) is 0.542. The highest BCUT2D eigenvalue weighted by molar-refractivity contribution is 5.78. The molecule has 1 aliphatic rings. The lowest BCUT2D eigenvalue weighted by Crippen LogP contribution is -2.33. The fourth-order valence-corrected chi connectivity index (χ4v) is 2.55. The molecule has 3 heteroatoms. The van der Waals surface area contributed by atoms with Gasteiger partial charge in [0.1, 0.15) is 0 Å². The van der Waals surface area contributed by atoms with E-state index in [1.165, 1.54) is 24.8 Å². The molecule has 1 saturated carbocycles. The maximum absolute atomic E-state index is 11.9. The lowest BCUT2D eigenvalue weighted by Gasteiger charge is -2.20. The molecule has 0 atom stereocenters. The van der Waals surface area contributed by atoms with E-state index in [1.54, 1.807) is 0 Å². The quantitative estimate of drug-likeness (QED) is 0.852. The first-order valence-electron chi connectivity index (χ1n) is 6.64. The first-order chi connectivity index (χ1) is 8.25. The van der Waals surface area contributed by atoms with Crippen molar-refractivity contribution in [3.05, 3.63) is 24.0 Å². The van der Waals surface area contributed by atoms with E-state index in [0.717, 1.165) is 25.8 Å². The van der Waals surface area contributed by atoms with Crippen LogP contribution in [0.1, 0.15) is 37.7 Å². The third kappa shape index (κ3) is 3.62. The number of hydrogen-bond acceptors (Lipinski definition) is 1. The topological polar surface area (TPSA) is 34.0 Å². The van der Waals surface area contributed by atoms with Crippen molar-refractivity contribution in [1.82, 2.24) is 9.88 Å². The van der Waals surface area contributed by atoms with Crippen molar-refractivity contribution >= 4 is 5.91 Å². The van der Waals surface area contributed by atoms with Gasteiger partial charge in [-0.1, -0.05) is 19.3 Å². The summed E-state index contributed by atoms with van der Waals surface area (Å²) < 4.78 is 2.04. The van der Waals surface area contributed by atoms with Crippen molar-refractivity contribution in [2.75, 3.05) is 6.54 Å². The number of nitrogens with zero attached hydrogens (tertiary/aromatic N) is 1. The summed E-state index contributed by atoms with van der Waals surface area (Å²) in [6.07, 6.45) is 11.0. The maximum Gasteiger partial charge on any atom is 0.223 e. The fraction of sp³-hybridized carbons (Fsp3) is 0.643. The van der Waals surface area contributed by atoms with Crippen molar-refractivity contribution in [3.63, 3.8) is 0 Å². The minimum Gasteiger partial charge on any atom is -0.357 e. The summed E-state index contributed by atoms with van der Waals surface area (Å²) in [5.41, 5.74) is 1.29. The number of aromatic nitrogens is 1. The van der Waals surface area contributed by atoms with E-state index in [2.05, 4.69) is 17.6 Å². The Labute approximate surface area is 103 Å². The highest BCUT2D eigenvalue weighted by atomic mass is 16.1. The van der Waals surface area contributed by atoms with Gasteiger partial charge in [0.2, 0.25) is 5.91 Å². The number of nitrogens with one attached hydrogen (secondary N) is 1. The zero-order valence-corrected chi connectivity index (χ0v) is 10.6. The summed E-state index contributed by atoms with van der Waals surface area (Å²) >= 11 is 0. The Bertz CT molecular complexity index is 364. The van der Waals surface area contributed by atoms with E-state index in [9.17, 15) is 4.79 Å². The Morgan fingerprint density at radius 3 is 2.82 bits per heavy atom. The van der Waals surface area contributed by atoms with Gasteiger partial charge in [-0.25, -0.2) is 0 Å². The molecule has 0 radical (unpaired) electrons. The van der Waals surface area contributed by atoms with E-state index in [4.69, 9.17) is 0 Å². The molecule has 3 nitrogen and oxygen atoms in total. The molecule has 1 fully saturated rings. The number of aryl methyl sites for hydroxylation is 1. The summed E-state index contributed by atoms with van der Waals surface area (Å²) in [6.45, 7) is 0.763. The van der Waals surface area contributed by atoms with Gasteiger partial charge in [-0.15, -0.1) is 0 Å². The average molecular weight is 234 g/mol. The molecule has 1 aromatic heterocycles.